The number of ether oxygens (including phenoxy) is 1. The van der Waals surface area contributed by atoms with Crippen LogP contribution in [0, 0.1) is 29.1 Å². The first-order valence-electron chi connectivity index (χ1n) is 8.18. The van der Waals surface area contributed by atoms with Crippen molar-refractivity contribution < 1.29 is 9.53 Å². The Morgan fingerprint density at radius 1 is 1.43 bits per heavy atom. The number of hydrogen-bond acceptors (Lipinski definition) is 3. The molecule has 1 fully saturated rings. The first-order chi connectivity index (χ1) is 9.95. The largest absolute Gasteiger partial charge is 0.377 e. The lowest BCUT2D eigenvalue weighted by Crippen LogP contribution is -2.35. The molecular formula is C17H30N2O2. The summed E-state index contributed by atoms with van der Waals surface area (Å²) >= 11 is 0. The molecule has 0 aromatic rings. The van der Waals surface area contributed by atoms with E-state index in [2.05, 4.69) is 26.8 Å². The second-order valence-corrected chi connectivity index (χ2v) is 6.71. The summed E-state index contributed by atoms with van der Waals surface area (Å²) in [6.45, 7) is 7.81. The highest BCUT2D eigenvalue weighted by Gasteiger charge is 2.31. The molecule has 0 spiro atoms. The molecule has 21 heavy (non-hydrogen) atoms. The highest BCUT2D eigenvalue weighted by Crippen LogP contribution is 2.35. The fourth-order valence-electron chi connectivity index (χ4n) is 3.14. The molecule has 0 saturated heterocycles. The summed E-state index contributed by atoms with van der Waals surface area (Å²) in [6, 6.07) is 2.06. The van der Waals surface area contributed by atoms with Crippen molar-refractivity contribution in [2.75, 3.05) is 20.2 Å². The van der Waals surface area contributed by atoms with Gasteiger partial charge in [0.25, 0.3) is 0 Å². The third-order valence-electron chi connectivity index (χ3n) is 4.59. The van der Waals surface area contributed by atoms with Gasteiger partial charge in [0.1, 0.15) is 0 Å². The molecule has 0 aliphatic heterocycles. The van der Waals surface area contributed by atoms with Gasteiger partial charge < -0.3 is 9.64 Å². The van der Waals surface area contributed by atoms with E-state index in [1.165, 1.54) is 12.8 Å². The number of amides is 1. The molecule has 0 aromatic heterocycles. The maximum atomic E-state index is 11.9. The molecule has 1 aliphatic carbocycles. The Hall–Kier alpha value is -1.08. The lowest BCUT2D eigenvalue weighted by atomic mass is 9.75. The van der Waals surface area contributed by atoms with E-state index < -0.39 is 0 Å². The van der Waals surface area contributed by atoms with E-state index in [-0.39, 0.29) is 5.91 Å². The Morgan fingerprint density at radius 3 is 2.76 bits per heavy atom. The van der Waals surface area contributed by atoms with Crippen LogP contribution in [-0.2, 0) is 9.53 Å². The molecule has 0 radical (unpaired) electrons. The first kappa shape index (κ1) is 18.0. The predicted molar refractivity (Wildman–Crippen MR) is 83.6 cm³/mol. The third-order valence-corrected chi connectivity index (χ3v) is 4.59. The van der Waals surface area contributed by atoms with Gasteiger partial charge in [-0.25, -0.2) is 0 Å². The van der Waals surface area contributed by atoms with Gasteiger partial charge in [-0.15, -0.1) is 0 Å². The van der Waals surface area contributed by atoms with E-state index in [1.54, 1.807) is 11.9 Å². The first-order valence-corrected chi connectivity index (χ1v) is 8.18. The number of rotatable bonds is 7. The molecule has 0 N–H and O–H groups in total. The molecule has 3 unspecified atom stereocenters. The predicted octanol–water partition coefficient (Wildman–Crippen LogP) is 3.23. The van der Waals surface area contributed by atoms with E-state index in [0.717, 1.165) is 12.3 Å². The average molecular weight is 294 g/mol. The molecule has 0 bridgehead atoms. The van der Waals surface area contributed by atoms with E-state index >= 15 is 0 Å². The average Bonchev–Trinajstić information content (AvgIpc) is 2.44. The minimum absolute atomic E-state index is 0.0650. The molecule has 1 amide bonds. The number of hydrogen-bond donors (Lipinski definition) is 0. The normalized spacial score (nSPS) is 25.6. The number of carbonyl (C=O) groups is 1. The van der Waals surface area contributed by atoms with Gasteiger partial charge >= 0.3 is 0 Å². The van der Waals surface area contributed by atoms with Crippen molar-refractivity contribution in [2.45, 2.75) is 59.0 Å². The Labute approximate surface area is 129 Å². The molecule has 4 nitrogen and oxygen atoms in total. The summed E-state index contributed by atoms with van der Waals surface area (Å²) in [5, 5.41) is 8.54. The van der Waals surface area contributed by atoms with Crippen LogP contribution in [0.3, 0.4) is 0 Å². The SMILES string of the molecule is CC1CCC(C(C)C)C(OCCC(=O)N(C)CCC#N)C1. The summed E-state index contributed by atoms with van der Waals surface area (Å²) in [6.07, 6.45) is 4.74. The quantitative estimate of drug-likeness (QED) is 0.724. The standard InChI is InChI=1S/C17H30N2O2/c1-13(2)15-7-6-14(3)12-16(15)21-11-8-17(20)19(4)10-5-9-18/h13-16H,5-8,10-12H2,1-4H3. The second kappa shape index (κ2) is 9.04. The number of nitriles is 1. The van der Waals surface area contributed by atoms with Crippen LogP contribution in [0.4, 0.5) is 0 Å². The molecule has 4 heteroatoms. The lowest BCUT2D eigenvalue weighted by Gasteiger charge is -2.37. The Morgan fingerprint density at radius 2 is 2.14 bits per heavy atom. The number of carbonyl (C=O) groups excluding carboxylic acids is 1. The van der Waals surface area contributed by atoms with Crippen LogP contribution in [0.25, 0.3) is 0 Å². The molecule has 3 atom stereocenters. The summed E-state index contributed by atoms with van der Waals surface area (Å²) in [5.74, 6) is 2.04. The molecule has 1 rings (SSSR count). The van der Waals surface area contributed by atoms with E-state index in [4.69, 9.17) is 10.00 Å². The van der Waals surface area contributed by atoms with Crippen LogP contribution in [0.2, 0.25) is 0 Å². The minimum Gasteiger partial charge on any atom is -0.377 e. The van der Waals surface area contributed by atoms with Crippen molar-refractivity contribution in [2.24, 2.45) is 17.8 Å². The maximum Gasteiger partial charge on any atom is 0.224 e. The van der Waals surface area contributed by atoms with Crippen molar-refractivity contribution in [3.8, 4) is 6.07 Å². The van der Waals surface area contributed by atoms with Gasteiger partial charge in [-0.05, 0) is 30.6 Å². The fraction of sp³-hybridized carbons (Fsp3) is 0.882. The topological polar surface area (TPSA) is 53.3 Å². The monoisotopic (exact) mass is 294 g/mol. The summed E-state index contributed by atoms with van der Waals surface area (Å²) in [5.41, 5.74) is 0. The van der Waals surface area contributed by atoms with Crippen LogP contribution < -0.4 is 0 Å². The zero-order chi connectivity index (χ0) is 15.8. The van der Waals surface area contributed by atoms with Gasteiger partial charge in [0.15, 0.2) is 0 Å². The zero-order valence-corrected chi connectivity index (χ0v) is 14.0. The van der Waals surface area contributed by atoms with Crippen LogP contribution in [0.5, 0.6) is 0 Å². The Balaban J connectivity index is 2.35. The van der Waals surface area contributed by atoms with Crippen LogP contribution in [0.15, 0.2) is 0 Å². The molecule has 0 aromatic carbocycles. The van der Waals surface area contributed by atoms with Crippen LogP contribution in [-0.4, -0.2) is 37.1 Å². The summed E-state index contributed by atoms with van der Waals surface area (Å²) in [7, 11) is 1.75. The van der Waals surface area contributed by atoms with Crippen molar-refractivity contribution in [3.05, 3.63) is 0 Å². The van der Waals surface area contributed by atoms with E-state index in [1.807, 2.05) is 0 Å². The van der Waals surface area contributed by atoms with Crippen LogP contribution >= 0.6 is 0 Å². The Bertz CT molecular complexity index is 362. The van der Waals surface area contributed by atoms with Gasteiger partial charge in [0, 0.05) is 13.6 Å². The van der Waals surface area contributed by atoms with Crippen molar-refractivity contribution in [1.29, 1.82) is 5.26 Å². The highest BCUT2D eigenvalue weighted by molar-refractivity contribution is 5.75. The summed E-state index contributed by atoms with van der Waals surface area (Å²) in [4.78, 5) is 13.5. The van der Waals surface area contributed by atoms with E-state index in [0.29, 0.717) is 43.9 Å². The summed E-state index contributed by atoms with van der Waals surface area (Å²) < 4.78 is 6.04. The fourth-order valence-corrected chi connectivity index (χ4v) is 3.14. The van der Waals surface area contributed by atoms with E-state index in [9.17, 15) is 4.79 Å². The minimum atomic E-state index is 0.0650. The third kappa shape index (κ3) is 6.05. The van der Waals surface area contributed by atoms with Gasteiger partial charge in [-0.1, -0.05) is 27.2 Å². The lowest BCUT2D eigenvalue weighted by molar-refractivity contribution is -0.132. The van der Waals surface area contributed by atoms with Crippen molar-refractivity contribution in [3.63, 3.8) is 0 Å². The second-order valence-electron chi connectivity index (χ2n) is 6.71. The van der Waals surface area contributed by atoms with Gasteiger partial charge in [0.05, 0.1) is 31.6 Å². The molecule has 120 valence electrons. The van der Waals surface area contributed by atoms with Gasteiger partial charge in [-0.2, -0.15) is 5.26 Å². The molecule has 1 aliphatic rings. The Kier molecular flexibility index (Phi) is 7.74. The highest BCUT2D eigenvalue weighted by atomic mass is 16.5. The molecule has 1 saturated carbocycles. The van der Waals surface area contributed by atoms with Crippen molar-refractivity contribution in [1.82, 2.24) is 4.90 Å². The number of nitrogens with zero attached hydrogens (tertiary/aromatic N) is 2. The van der Waals surface area contributed by atoms with Gasteiger partial charge in [-0.3, -0.25) is 4.79 Å². The van der Waals surface area contributed by atoms with Crippen LogP contribution in [0.1, 0.15) is 52.9 Å². The van der Waals surface area contributed by atoms with Crippen molar-refractivity contribution >= 4 is 5.91 Å². The smallest absolute Gasteiger partial charge is 0.224 e. The van der Waals surface area contributed by atoms with Gasteiger partial charge in [0.2, 0.25) is 5.91 Å². The molecule has 0 heterocycles. The molecular weight excluding hydrogens is 264 g/mol. The zero-order valence-electron chi connectivity index (χ0n) is 14.0. The maximum absolute atomic E-state index is 11.9.